The Kier molecular flexibility index (Phi) is 7.49. The molecule has 0 spiro atoms. The minimum absolute atomic E-state index is 0.0291. The molecule has 1 aromatic carbocycles. The van der Waals surface area contributed by atoms with Crippen LogP contribution < -0.4 is 10.6 Å². The van der Waals surface area contributed by atoms with Gasteiger partial charge in [-0.1, -0.05) is 6.92 Å². The van der Waals surface area contributed by atoms with E-state index in [1.165, 1.54) is 14.0 Å². The van der Waals surface area contributed by atoms with E-state index in [1.807, 2.05) is 5.32 Å². The van der Waals surface area contributed by atoms with E-state index in [0.29, 0.717) is 12.1 Å². The van der Waals surface area contributed by atoms with E-state index >= 15 is 0 Å². The van der Waals surface area contributed by atoms with E-state index in [9.17, 15) is 40.7 Å². The van der Waals surface area contributed by atoms with E-state index in [0.717, 1.165) is 25.3 Å². The number of aryl methyl sites for hydroxylation is 1. The number of hydrogen-bond acceptors (Lipinski definition) is 6. The number of carbonyl (C=O) groups is 2. The summed E-state index contributed by atoms with van der Waals surface area (Å²) in [5, 5.41) is 14.6. The lowest BCUT2D eigenvalue weighted by atomic mass is 10.1. The molecule has 180 valence electrons. The van der Waals surface area contributed by atoms with Crippen molar-refractivity contribution < 1.29 is 40.7 Å². The van der Waals surface area contributed by atoms with Gasteiger partial charge in [0, 0.05) is 13.2 Å². The Morgan fingerprint density at radius 1 is 1.18 bits per heavy atom. The number of anilines is 1. The van der Waals surface area contributed by atoms with Gasteiger partial charge in [-0.25, -0.2) is 17.8 Å². The molecule has 1 aromatic heterocycles. The second kappa shape index (κ2) is 9.43. The molecule has 2 amide bonds. The van der Waals surface area contributed by atoms with Gasteiger partial charge in [-0.2, -0.15) is 13.2 Å². The number of aromatic nitrogens is 1. The summed E-state index contributed by atoms with van der Waals surface area (Å²) in [5.74, 6) is -5.02. The Balaban J connectivity index is 2.27. The van der Waals surface area contributed by atoms with Crippen molar-refractivity contribution in [2.24, 2.45) is 0 Å². The number of halogens is 4. The zero-order chi connectivity index (χ0) is 25.2. The van der Waals surface area contributed by atoms with E-state index in [1.54, 1.807) is 0 Å². The molecule has 0 saturated carbocycles. The number of nitrogens with zero attached hydrogens (tertiary/aromatic N) is 1. The monoisotopic (exact) mass is 491 g/mol. The summed E-state index contributed by atoms with van der Waals surface area (Å²) in [6.07, 6.45) is -3.77. The first-order valence-electron chi connectivity index (χ1n) is 9.46. The number of alkyl halides is 3. The average molecular weight is 491 g/mol. The first kappa shape index (κ1) is 26.2. The predicted molar refractivity (Wildman–Crippen MR) is 110 cm³/mol. The Bertz CT molecular complexity index is 1180. The average Bonchev–Trinajstić information content (AvgIpc) is 2.71. The van der Waals surface area contributed by atoms with Gasteiger partial charge in [0.05, 0.1) is 21.8 Å². The van der Waals surface area contributed by atoms with Crippen molar-refractivity contribution in [3.8, 4) is 0 Å². The molecule has 0 radical (unpaired) electrons. The topological polar surface area (TPSA) is 125 Å². The van der Waals surface area contributed by atoms with Crippen LogP contribution in [0.4, 0.5) is 23.4 Å². The molecular weight excluding hydrogens is 470 g/mol. The Morgan fingerprint density at radius 3 is 2.33 bits per heavy atom. The third kappa shape index (κ3) is 6.05. The number of amides is 2. The quantitative estimate of drug-likeness (QED) is 0.511. The molecule has 1 heterocycles. The zero-order valence-electron chi connectivity index (χ0n) is 17.7. The lowest BCUT2D eigenvalue weighted by molar-refractivity contribution is -0.138. The molecular formula is C20H21F4N3O5S. The summed E-state index contributed by atoms with van der Waals surface area (Å²) in [7, 11) is -3.20. The van der Waals surface area contributed by atoms with Gasteiger partial charge in [0.15, 0.2) is 15.4 Å². The van der Waals surface area contributed by atoms with Crippen LogP contribution in [0.1, 0.15) is 35.3 Å². The highest BCUT2D eigenvalue weighted by atomic mass is 32.2. The van der Waals surface area contributed by atoms with Crippen molar-refractivity contribution >= 4 is 27.5 Å². The molecule has 1 atom stereocenters. The summed E-state index contributed by atoms with van der Waals surface area (Å²) < 4.78 is 79.0. The van der Waals surface area contributed by atoms with Crippen molar-refractivity contribution in [3.63, 3.8) is 0 Å². The Hall–Kier alpha value is -3.06. The van der Waals surface area contributed by atoms with Crippen LogP contribution in [0.5, 0.6) is 0 Å². The van der Waals surface area contributed by atoms with E-state index in [-0.39, 0.29) is 12.0 Å². The molecule has 0 bridgehead atoms. The number of aliphatic hydroxyl groups is 1. The first-order chi connectivity index (χ1) is 15.1. The van der Waals surface area contributed by atoms with Gasteiger partial charge in [-0.05, 0) is 43.2 Å². The molecule has 0 aliphatic rings. The fourth-order valence-corrected chi connectivity index (χ4v) is 4.47. The molecule has 33 heavy (non-hydrogen) atoms. The lowest BCUT2D eigenvalue weighted by Gasteiger charge is -2.22. The Morgan fingerprint density at radius 2 is 1.82 bits per heavy atom. The highest BCUT2D eigenvalue weighted by Gasteiger charge is 2.38. The summed E-state index contributed by atoms with van der Waals surface area (Å²) in [5.41, 5.74) is -4.17. The molecule has 13 heteroatoms. The van der Waals surface area contributed by atoms with E-state index in [4.69, 9.17) is 0 Å². The van der Waals surface area contributed by atoms with Crippen LogP contribution in [0.25, 0.3) is 0 Å². The van der Waals surface area contributed by atoms with Crippen LogP contribution in [0.3, 0.4) is 0 Å². The van der Waals surface area contributed by atoms with Gasteiger partial charge in [-0.15, -0.1) is 0 Å². The standard InChI is InChI=1S/C20H21F4N3O5S/c1-4-11-9-26-16(8-14(11)20(22,23)24)27-18(29)19(2,30)10-33(31,32)12-5-6-13(15(21)7-12)17(28)25-3/h5-9,30H,4,10H2,1-3H3,(H,25,28)(H,26,27,29)/t19-/m0/s1. The van der Waals surface area contributed by atoms with E-state index < -0.39 is 66.8 Å². The highest BCUT2D eigenvalue weighted by Crippen LogP contribution is 2.33. The smallest absolute Gasteiger partial charge is 0.379 e. The molecule has 0 aliphatic carbocycles. The van der Waals surface area contributed by atoms with Crippen LogP contribution in [0.2, 0.25) is 0 Å². The second-order valence-electron chi connectivity index (χ2n) is 7.29. The van der Waals surface area contributed by atoms with Crippen LogP contribution in [0.15, 0.2) is 35.4 Å². The van der Waals surface area contributed by atoms with E-state index in [2.05, 4.69) is 10.3 Å². The number of nitrogens with one attached hydrogen (secondary N) is 2. The fraction of sp³-hybridized carbons (Fsp3) is 0.350. The third-order valence-electron chi connectivity index (χ3n) is 4.65. The van der Waals surface area contributed by atoms with Crippen LogP contribution in [0, 0.1) is 5.82 Å². The third-order valence-corrected chi connectivity index (χ3v) is 6.56. The molecule has 0 saturated heterocycles. The highest BCUT2D eigenvalue weighted by molar-refractivity contribution is 7.91. The van der Waals surface area contributed by atoms with Gasteiger partial charge >= 0.3 is 6.18 Å². The van der Waals surface area contributed by atoms with Gasteiger partial charge in [-0.3, -0.25) is 9.59 Å². The normalized spacial score (nSPS) is 13.8. The molecule has 8 nitrogen and oxygen atoms in total. The van der Waals surface area contributed by atoms with Gasteiger partial charge < -0.3 is 15.7 Å². The molecule has 0 aliphatic heterocycles. The van der Waals surface area contributed by atoms with Crippen LogP contribution in [-0.2, 0) is 27.2 Å². The van der Waals surface area contributed by atoms with Crippen molar-refractivity contribution in [3.05, 3.63) is 53.0 Å². The lowest BCUT2D eigenvalue weighted by Crippen LogP contribution is -2.46. The minimum atomic E-state index is -4.72. The van der Waals surface area contributed by atoms with Crippen molar-refractivity contribution in [1.29, 1.82) is 0 Å². The first-order valence-corrected chi connectivity index (χ1v) is 11.1. The second-order valence-corrected chi connectivity index (χ2v) is 9.28. The maximum absolute atomic E-state index is 14.1. The zero-order valence-corrected chi connectivity index (χ0v) is 18.6. The van der Waals surface area contributed by atoms with Crippen LogP contribution >= 0.6 is 0 Å². The summed E-state index contributed by atoms with van der Waals surface area (Å²) in [6.45, 7) is 2.32. The minimum Gasteiger partial charge on any atom is -0.379 e. The summed E-state index contributed by atoms with van der Waals surface area (Å²) >= 11 is 0. The fourth-order valence-electron chi connectivity index (χ4n) is 2.88. The van der Waals surface area contributed by atoms with Gasteiger partial charge in [0.25, 0.3) is 11.8 Å². The summed E-state index contributed by atoms with van der Waals surface area (Å²) in [6, 6.07) is 2.99. The largest absolute Gasteiger partial charge is 0.416 e. The van der Waals surface area contributed by atoms with Crippen molar-refractivity contribution in [2.75, 3.05) is 18.1 Å². The number of pyridine rings is 1. The Labute approximate surface area is 186 Å². The molecule has 2 aromatic rings. The predicted octanol–water partition coefficient (Wildman–Crippen LogP) is 2.32. The molecule has 2 rings (SSSR count). The molecule has 0 fully saturated rings. The number of rotatable bonds is 7. The SMILES string of the molecule is CCc1cnc(NC(=O)[C@@](C)(O)CS(=O)(=O)c2ccc(C(=O)NC)c(F)c2)cc1C(F)(F)F. The number of sulfone groups is 1. The van der Waals surface area contributed by atoms with Crippen molar-refractivity contribution in [1.82, 2.24) is 10.3 Å². The van der Waals surface area contributed by atoms with Gasteiger partial charge in [0.1, 0.15) is 11.6 Å². The van der Waals surface area contributed by atoms with Crippen LogP contribution in [-0.4, -0.2) is 48.7 Å². The number of carbonyl (C=O) groups excluding carboxylic acids is 2. The summed E-state index contributed by atoms with van der Waals surface area (Å²) in [4.78, 5) is 27.1. The number of hydrogen-bond donors (Lipinski definition) is 3. The van der Waals surface area contributed by atoms with Crippen molar-refractivity contribution in [2.45, 2.75) is 36.9 Å². The maximum atomic E-state index is 14.1. The number of benzene rings is 1. The molecule has 3 N–H and O–H groups in total. The molecule has 0 unspecified atom stereocenters. The maximum Gasteiger partial charge on any atom is 0.416 e. The van der Waals surface area contributed by atoms with Gasteiger partial charge in [0.2, 0.25) is 0 Å².